The molecule has 2 amide bonds. The molecule has 24 heavy (non-hydrogen) atoms. The van der Waals surface area contributed by atoms with E-state index in [-0.39, 0.29) is 10.9 Å². The number of nitrogens with one attached hydrogen (secondary N) is 3. The summed E-state index contributed by atoms with van der Waals surface area (Å²) in [5.74, 6) is 0. The van der Waals surface area contributed by atoms with Crippen molar-refractivity contribution in [1.82, 2.24) is 10.0 Å². The number of carbonyl (C=O) groups is 1. The maximum atomic E-state index is 11.9. The van der Waals surface area contributed by atoms with Crippen molar-refractivity contribution in [3.8, 4) is 0 Å². The zero-order chi connectivity index (χ0) is 17.6. The van der Waals surface area contributed by atoms with Crippen LogP contribution in [0.3, 0.4) is 0 Å². The highest BCUT2D eigenvalue weighted by Crippen LogP contribution is 2.13. The highest BCUT2D eigenvalue weighted by atomic mass is 32.2. The van der Waals surface area contributed by atoms with Crippen LogP contribution in [0.15, 0.2) is 53.4 Å². The fourth-order valence-corrected chi connectivity index (χ4v) is 2.93. The van der Waals surface area contributed by atoms with Gasteiger partial charge in [0.1, 0.15) is 0 Å². The average Bonchev–Trinajstić information content (AvgIpc) is 2.55. The van der Waals surface area contributed by atoms with E-state index in [1.807, 2.05) is 25.1 Å². The van der Waals surface area contributed by atoms with Crippen molar-refractivity contribution < 1.29 is 13.2 Å². The van der Waals surface area contributed by atoms with E-state index >= 15 is 0 Å². The quantitative estimate of drug-likeness (QED) is 0.749. The number of hydrogen-bond donors (Lipinski definition) is 3. The second-order valence-corrected chi connectivity index (χ2v) is 7.24. The van der Waals surface area contributed by atoms with Crippen molar-refractivity contribution in [3.63, 3.8) is 0 Å². The van der Waals surface area contributed by atoms with Crippen LogP contribution in [0, 0.1) is 6.92 Å². The minimum atomic E-state index is -3.47. The molecule has 0 heterocycles. The molecule has 128 valence electrons. The number of hydrogen-bond acceptors (Lipinski definition) is 3. The predicted molar refractivity (Wildman–Crippen MR) is 94.6 cm³/mol. The van der Waals surface area contributed by atoms with Crippen molar-refractivity contribution >= 4 is 21.7 Å². The minimum Gasteiger partial charge on any atom is -0.338 e. The van der Waals surface area contributed by atoms with Gasteiger partial charge in [0.2, 0.25) is 10.0 Å². The van der Waals surface area contributed by atoms with Crippen LogP contribution in [-0.4, -0.2) is 28.0 Å². The number of sulfonamides is 1. The van der Waals surface area contributed by atoms with E-state index in [0.717, 1.165) is 12.0 Å². The van der Waals surface area contributed by atoms with Gasteiger partial charge >= 0.3 is 6.03 Å². The third kappa shape index (κ3) is 5.07. The Morgan fingerprint density at radius 2 is 1.79 bits per heavy atom. The number of aryl methyl sites for hydroxylation is 1. The Morgan fingerprint density at radius 3 is 2.42 bits per heavy atom. The molecule has 0 spiro atoms. The van der Waals surface area contributed by atoms with Crippen LogP contribution in [0.1, 0.15) is 11.1 Å². The molecule has 2 aromatic rings. The standard InChI is InChI=1S/C17H21N3O3S/c1-13-4-3-5-14(12-13)10-11-19-17(21)20-15-6-8-16(9-7-15)24(22,23)18-2/h3-9,12,18H,10-11H2,1-2H3,(H2,19,20,21). The second kappa shape index (κ2) is 7.94. The predicted octanol–water partition coefficient (Wildman–Crippen LogP) is 2.27. The Balaban J connectivity index is 1.84. The number of amides is 2. The number of benzene rings is 2. The van der Waals surface area contributed by atoms with Crippen molar-refractivity contribution in [2.24, 2.45) is 0 Å². The molecule has 0 bridgehead atoms. The Bertz CT molecular complexity index is 802. The Labute approximate surface area is 142 Å². The van der Waals surface area contributed by atoms with Gasteiger partial charge in [0.25, 0.3) is 0 Å². The van der Waals surface area contributed by atoms with Crippen LogP contribution in [-0.2, 0) is 16.4 Å². The van der Waals surface area contributed by atoms with Crippen LogP contribution in [0.25, 0.3) is 0 Å². The second-order valence-electron chi connectivity index (χ2n) is 5.35. The fourth-order valence-electron chi connectivity index (χ4n) is 2.20. The third-order valence-electron chi connectivity index (χ3n) is 3.47. The summed E-state index contributed by atoms with van der Waals surface area (Å²) < 4.78 is 25.5. The molecule has 0 aliphatic carbocycles. The van der Waals surface area contributed by atoms with Crippen LogP contribution in [0.4, 0.5) is 10.5 Å². The Kier molecular flexibility index (Phi) is 5.94. The summed E-state index contributed by atoms with van der Waals surface area (Å²) in [5, 5.41) is 5.45. The summed E-state index contributed by atoms with van der Waals surface area (Å²) in [7, 11) is -2.12. The van der Waals surface area contributed by atoms with E-state index in [9.17, 15) is 13.2 Å². The first-order valence-corrected chi connectivity index (χ1v) is 9.03. The van der Waals surface area contributed by atoms with E-state index in [2.05, 4.69) is 21.4 Å². The molecule has 0 unspecified atom stereocenters. The molecule has 3 N–H and O–H groups in total. The third-order valence-corrected chi connectivity index (χ3v) is 4.90. The van der Waals surface area contributed by atoms with Gasteiger partial charge in [-0.25, -0.2) is 17.9 Å². The van der Waals surface area contributed by atoms with Gasteiger partial charge in [-0.15, -0.1) is 0 Å². The van der Waals surface area contributed by atoms with Crippen LogP contribution >= 0.6 is 0 Å². The number of anilines is 1. The van der Waals surface area contributed by atoms with Gasteiger partial charge in [-0.2, -0.15) is 0 Å². The lowest BCUT2D eigenvalue weighted by Gasteiger charge is -2.09. The molecular formula is C17H21N3O3S. The first-order chi connectivity index (χ1) is 11.4. The minimum absolute atomic E-state index is 0.149. The smallest absolute Gasteiger partial charge is 0.319 e. The molecule has 7 heteroatoms. The number of carbonyl (C=O) groups excluding carboxylic acids is 1. The van der Waals surface area contributed by atoms with E-state index < -0.39 is 10.0 Å². The lowest BCUT2D eigenvalue weighted by atomic mass is 10.1. The van der Waals surface area contributed by atoms with E-state index in [0.29, 0.717) is 12.2 Å². The molecule has 0 fully saturated rings. The molecule has 0 radical (unpaired) electrons. The summed E-state index contributed by atoms with van der Waals surface area (Å²) >= 11 is 0. The fraction of sp³-hybridized carbons (Fsp3) is 0.235. The number of urea groups is 1. The molecular weight excluding hydrogens is 326 g/mol. The summed E-state index contributed by atoms with van der Waals surface area (Å²) in [4.78, 5) is 12.0. The molecule has 6 nitrogen and oxygen atoms in total. The molecule has 0 aliphatic heterocycles. The summed E-state index contributed by atoms with van der Waals surface area (Å²) in [6, 6.07) is 13.8. The van der Waals surface area contributed by atoms with E-state index in [1.54, 1.807) is 12.1 Å². The molecule has 0 atom stereocenters. The molecule has 0 saturated carbocycles. The molecule has 0 aliphatic rings. The van der Waals surface area contributed by atoms with Gasteiger partial charge in [-0.1, -0.05) is 29.8 Å². The van der Waals surface area contributed by atoms with Gasteiger partial charge in [0.05, 0.1) is 4.90 Å². The topological polar surface area (TPSA) is 87.3 Å². The summed E-state index contributed by atoms with van der Waals surface area (Å²) in [5.41, 5.74) is 2.88. The maximum Gasteiger partial charge on any atom is 0.319 e. The van der Waals surface area contributed by atoms with Gasteiger partial charge in [0.15, 0.2) is 0 Å². The van der Waals surface area contributed by atoms with Crippen molar-refractivity contribution in [3.05, 3.63) is 59.7 Å². The first-order valence-electron chi connectivity index (χ1n) is 7.55. The van der Waals surface area contributed by atoms with Gasteiger partial charge < -0.3 is 10.6 Å². The van der Waals surface area contributed by atoms with Crippen LogP contribution < -0.4 is 15.4 Å². The first kappa shape index (κ1) is 18.0. The Morgan fingerprint density at radius 1 is 1.08 bits per heavy atom. The van der Waals surface area contributed by atoms with Gasteiger partial charge in [-0.05, 0) is 50.2 Å². The van der Waals surface area contributed by atoms with Crippen molar-refractivity contribution in [2.45, 2.75) is 18.2 Å². The maximum absolute atomic E-state index is 11.9. The highest BCUT2D eigenvalue weighted by Gasteiger charge is 2.10. The monoisotopic (exact) mass is 347 g/mol. The van der Waals surface area contributed by atoms with E-state index in [1.165, 1.54) is 24.7 Å². The normalized spacial score (nSPS) is 11.1. The molecule has 2 rings (SSSR count). The average molecular weight is 347 g/mol. The van der Waals surface area contributed by atoms with E-state index in [4.69, 9.17) is 0 Å². The zero-order valence-electron chi connectivity index (χ0n) is 13.7. The van der Waals surface area contributed by atoms with Gasteiger partial charge in [-0.3, -0.25) is 0 Å². The lowest BCUT2D eigenvalue weighted by Crippen LogP contribution is -2.30. The zero-order valence-corrected chi connectivity index (χ0v) is 14.5. The van der Waals surface area contributed by atoms with Gasteiger partial charge in [0, 0.05) is 12.2 Å². The molecule has 0 saturated heterocycles. The lowest BCUT2D eigenvalue weighted by molar-refractivity contribution is 0.252. The SMILES string of the molecule is CNS(=O)(=O)c1ccc(NC(=O)NCCc2cccc(C)c2)cc1. The molecule has 0 aromatic heterocycles. The molecule has 2 aromatic carbocycles. The van der Waals surface area contributed by atoms with Crippen molar-refractivity contribution in [2.75, 3.05) is 18.9 Å². The van der Waals surface area contributed by atoms with Crippen molar-refractivity contribution in [1.29, 1.82) is 0 Å². The van der Waals surface area contributed by atoms with Crippen LogP contribution in [0.2, 0.25) is 0 Å². The summed E-state index contributed by atoms with van der Waals surface area (Å²) in [6.07, 6.45) is 0.744. The van der Waals surface area contributed by atoms with Crippen LogP contribution in [0.5, 0.6) is 0 Å². The number of rotatable bonds is 6. The highest BCUT2D eigenvalue weighted by molar-refractivity contribution is 7.89. The summed E-state index contributed by atoms with van der Waals surface area (Å²) in [6.45, 7) is 2.54. The Hall–Kier alpha value is -2.38. The largest absolute Gasteiger partial charge is 0.338 e.